The van der Waals surface area contributed by atoms with Gasteiger partial charge in [-0.3, -0.25) is 4.79 Å². The lowest BCUT2D eigenvalue weighted by molar-refractivity contribution is -0.142. The third kappa shape index (κ3) is 3.32. The summed E-state index contributed by atoms with van der Waals surface area (Å²) < 4.78 is 31.5. The molecule has 106 valence electrons. The number of nitrogens with one attached hydrogen (secondary N) is 1. The minimum atomic E-state index is -3.98. The van der Waals surface area contributed by atoms with E-state index in [2.05, 4.69) is 9.46 Å². The van der Waals surface area contributed by atoms with E-state index in [9.17, 15) is 18.0 Å². The summed E-state index contributed by atoms with van der Waals surface area (Å²) in [7, 11) is -1.44. The minimum absolute atomic E-state index is 0.175. The molecule has 0 saturated carbocycles. The van der Waals surface area contributed by atoms with Gasteiger partial charge >= 0.3 is 11.9 Å². The molecule has 1 atom stereocenters. The number of aromatic carboxylic acids is 1. The van der Waals surface area contributed by atoms with E-state index in [0.29, 0.717) is 0 Å². The van der Waals surface area contributed by atoms with Gasteiger partial charge < -0.3 is 14.4 Å². The molecule has 0 saturated heterocycles. The fourth-order valence-electron chi connectivity index (χ4n) is 1.42. The highest BCUT2D eigenvalue weighted by atomic mass is 32.2. The van der Waals surface area contributed by atoms with Gasteiger partial charge in [-0.05, 0) is 13.0 Å². The van der Waals surface area contributed by atoms with Crippen LogP contribution in [0.25, 0.3) is 0 Å². The molecule has 0 spiro atoms. The van der Waals surface area contributed by atoms with Gasteiger partial charge in [-0.1, -0.05) is 0 Å². The Balaban J connectivity index is 3.04. The van der Waals surface area contributed by atoms with Crippen molar-refractivity contribution in [2.45, 2.75) is 17.9 Å². The zero-order chi connectivity index (χ0) is 14.8. The van der Waals surface area contributed by atoms with Crippen molar-refractivity contribution < 1.29 is 27.9 Å². The Labute approximate surface area is 110 Å². The van der Waals surface area contributed by atoms with Crippen LogP contribution in [-0.2, 0) is 26.6 Å². The van der Waals surface area contributed by atoms with Crippen LogP contribution in [0.3, 0.4) is 0 Å². The molecule has 0 aliphatic heterocycles. The van der Waals surface area contributed by atoms with E-state index in [0.717, 1.165) is 19.4 Å². The van der Waals surface area contributed by atoms with Gasteiger partial charge in [-0.25, -0.2) is 13.2 Å². The van der Waals surface area contributed by atoms with E-state index in [1.165, 1.54) is 18.5 Å². The molecule has 0 radical (unpaired) electrons. The first-order valence-electron chi connectivity index (χ1n) is 5.19. The quantitative estimate of drug-likeness (QED) is 0.711. The molecular weight excluding hydrogens is 276 g/mol. The van der Waals surface area contributed by atoms with Crippen molar-refractivity contribution in [2.75, 3.05) is 7.11 Å². The zero-order valence-corrected chi connectivity index (χ0v) is 11.4. The molecule has 0 bridgehead atoms. The topological polar surface area (TPSA) is 115 Å². The molecule has 19 heavy (non-hydrogen) atoms. The second kappa shape index (κ2) is 5.41. The largest absolute Gasteiger partial charge is 0.477 e. The summed E-state index contributed by atoms with van der Waals surface area (Å²) in [5.41, 5.74) is -0.175. The number of esters is 1. The van der Waals surface area contributed by atoms with Crippen LogP contribution in [0.4, 0.5) is 0 Å². The van der Waals surface area contributed by atoms with E-state index in [4.69, 9.17) is 5.11 Å². The first-order chi connectivity index (χ1) is 8.69. The second-order valence-corrected chi connectivity index (χ2v) is 5.56. The van der Waals surface area contributed by atoms with Crippen LogP contribution < -0.4 is 4.72 Å². The van der Waals surface area contributed by atoms with Gasteiger partial charge in [0.25, 0.3) is 0 Å². The van der Waals surface area contributed by atoms with E-state index in [1.807, 2.05) is 0 Å². The first kappa shape index (κ1) is 15.2. The maximum absolute atomic E-state index is 11.9. The molecule has 8 nitrogen and oxygen atoms in total. The molecule has 1 heterocycles. The van der Waals surface area contributed by atoms with Crippen molar-refractivity contribution in [3.05, 3.63) is 18.0 Å². The number of carbonyl (C=O) groups is 2. The summed E-state index contributed by atoms with van der Waals surface area (Å²) in [4.78, 5) is 21.7. The lowest BCUT2D eigenvalue weighted by atomic mass is 10.4. The van der Waals surface area contributed by atoms with Crippen LogP contribution in [0.2, 0.25) is 0 Å². The van der Waals surface area contributed by atoms with Gasteiger partial charge in [0.2, 0.25) is 10.0 Å². The van der Waals surface area contributed by atoms with E-state index in [1.54, 1.807) is 0 Å². The van der Waals surface area contributed by atoms with Crippen LogP contribution >= 0.6 is 0 Å². The average molecular weight is 290 g/mol. The average Bonchev–Trinajstić information content (AvgIpc) is 2.70. The number of hydrogen-bond donors (Lipinski definition) is 2. The Bertz CT molecular complexity index is 604. The number of sulfonamides is 1. The number of rotatable bonds is 5. The predicted octanol–water partition coefficient (Wildman–Crippen LogP) is -0.437. The highest BCUT2D eigenvalue weighted by Crippen LogP contribution is 2.14. The second-order valence-electron chi connectivity index (χ2n) is 3.84. The third-order valence-electron chi connectivity index (χ3n) is 2.40. The highest BCUT2D eigenvalue weighted by Gasteiger charge is 2.25. The molecule has 2 N–H and O–H groups in total. The molecule has 1 aromatic heterocycles. The Morgan fingerprint density at radius 1 is 1.47 bits per heavy atom. The minimum Gasteiger partial charge on any atom is -0.477 e. The van der Waals surface area contributed by atoms with Crippen LogP contribution in [0.1, 0.15) is 17.4 Å². The van der Waals surface area contributed by atoms with Gasteiger partial charge in [0, 0.05) is 13.2 Å². The highest BCUT2D eigenvalue weighted by molar-refractivity contribution is 7.89. The number of ether oxygens (including phenoxy) is 1. The summed E-state index contributed by atoms with van der Waals surface area (Å²) >= 11 is 0. The zero-order valence-electron chi connectivity index (χ0n) is 10.6. The number of carboxylic acid groups (broad SMARTS) is 1. The number of methoxy groups -OCH3 is 1. The van der Waals surface area contributed by atoms with Gasteiger partial charge in [-0.15, -0.1) is 0 Å². The molecule has 0 aliphatic rings. The van der Waals surface area contributed by atoms with Crippen LogP contribution in [0.15, 0.2) is 17.2 Å². The molecule has 1 rings (SSSR count). The monoisotopic (exact) mass is 290 g/mol. The van der Waals surface area contributed by atoms with Gasteiger partial charge in [-0.2, -0.15) is 4.72 Å². The van der Waals surface area contributed by atoms with Crippen LogP contribution in [0.5, 0.6) is 0 Å². The lowest BCUT2D eigenvalue weighted by Crippen LogP contribution is -2.38. The molecular formula is C10H14N2O6S. The summed E-state index contributed by atoms with van der Waals surface area (Å²) in [6.45, 7) is 1.32. The summed E-state index contributed by atoms with van der Waals surface area (Å²) in [5, 5.41) is 8.84. The number of carboxylic acids is 1. The fourth-order valence-corrected chi connectivity index (χ4v) is 2.68. The number of aromatic nitrogens is 1. The summed E-state index contributed by atoms with van der Waals surface area (Å²) in [6, 6.07) is -0.0576. The molecule has 0 amide bonds. The third-order valence-corrected chi connectivity index (χ3v) is 3.90. The van der Waals surface area contributed by atoms with Crippen molar-refractivity contribution in [2.24, 2.45) is 7.05 Å². The van der Waals surface area contributed by atoms with E-state index < -0.39 is 28.0 Å². The Kier molecular flexibility index (Phi) is 4.32. The Morgan fingerprint density at radius 3 is 2.47 bits per heavy atom. The number of aryl methyl sites for hydroxylation is 1. The van der Waals surface area contributed by atoms with Crippen molar-refractivity contribution in [1.29, 1.82) is 0 Å². The van der Waals surface area contributed by atoms with Crippen LogP contribution in [0, 0.1) is 0 Å². The molecule has 0 aromatic carbocycles. The standard InChI is InChI=1S/C10H14N2O6S/c1-6(10(15)18-3)11-19(16,17)7-4-8(9(13)14)12(2)5-7/h4-6,11H,1-3H3,(H,13,14). The molecule has 1 aromatic rings. The van der Waals surface area contributed by atoms with Gasteiger partial charge in [0.05, 0.1) is 7.11 Å². The number of hydrogen-bond acceptors (Lipinski definition) is 5. The van der Waals surface area contributed by atoms with Crippen molar-refractivity contribution in [3.63, 3.8) is 0 Å². The number of nitrogens with zero attached hydrogens (tertiary/aromatic N) is 1. The van der Waals surface area contributed by atoms with Crippen LogP contribution in [-0.4, -0.2) is 43.2 Å². The van der Waals surface area contributed by atoms with Crippen molar-refractivity contribution >= 4 is 22.0 Å². The van der Waals surface area contributed by atoms with Crippen molar-refractivity contribution in [1.82, 2.24) is 9.29 Å². The van der Waals surface area contributed by atoms with Gasteiger partial charge in [0.15, 0.2) is 0 Å². The fraction of sp³-hybridized carbons (Fsp3) is 0.400. The molecule has 0 aliphatic carbocycles. The summed E-state index contributed by atoms with van der Waals surface area (Å²) in [5.74, 6) is -1.98. The number of carbonyl (C=O) groups excluding carboxylic acids is 1. The first-order valence-corrected chi connectivity index (χ1v) is 6.67. The van der Waals surface area contributed by atoms with Gasteiger partial charge in [0.1, 0.15) is 16.6 Å². The lowest BCUT2D eigenvalue weighted by Gasteiger charge is -2.10. The van der Waals surface area contributed by atoms with E-state index >= 15 is 0 Å². The molecule has 9 heteroatoms. The maximum Gasteiger partial charge on any atom is 0.352 e. The van der Waals surface area contributed by atoms with E-state index in [-0.39, 0.29) is 10.6 Å². The Morgan fingerprint density at radius 2 is 2.05 bits per heavy atom. The Hall–Kier alpha value is -1.87. The predicted molar refractivity (Wildman–Crippen MR) is 64.2 cm³/mol. The van der Waals surface area contributed by atoms with Crippen molar-refractivity contribution in [3.8, 4) is 0 Å². The molecule has 1 unspecified atom stereocenters. The molecule has 0 fully saturated rings. The SMILES string of the molecule is COC(=O)C(C)NS(=O)(=O)c1cc(C(=O)O)n(C)c1. The normalized spacial score (nSPS) is 13.0. The smallest absolute Gasteiger partial charge is 0.352 e. The maximum atomic E-state index is 11.9. The summed E-state index contributed by atoms with van der Waals surface area (Å²) in [6.07, 6.45) is 1.15.